The minimum Gasteiger partial charge on any atom is -0.387 e. The second kappa shape index (κ2) is 2.61. The highest BCUT2D eigenvalue weighted by Crippen LogP contribution is 2.35. The van der Waals surface area contributed by atoms with Crippen LogP contribution in [0.4, 0.5) is 0 Å². The Morgan fingerprint density at radius 1 is 1.36 bits per heavy atom. The van der Waals surface area contributed by atoms with E-state index >= 15 is 0 Å². The van der Waals surface area contributed by atoms with Crippen LogP contribution in [0, 0.1) is 0 Å². The summed E-state index contributed by atoms with van der Waals surface area (Å²) in [6.07, 6.45) is 0.628. The van der Waals surface area contributed by atoms with E-state index in [1.54, 1.807) is 0 Å². The minimum absolute atomic E-state index is 0.208. The molecule has 0 radical (unpaired) electrons. The van der Waals surface area contributed by atoms with Crippen LogP contribution >= 0.6 is 15.9 Å². The molecule has 1 aromatic carbocycles. The normalized spacial score (nSPS) is 28.5. The predicted molar refractivity (Wildman–Crippen MR) is 47.8 cm³/mol. The fourth-order valence-electron chi connectivity index (χ4n) is 1.53. The molecule has 0 bridgehead atoms. The van der Waals surface area contributed by atoms with Crippen molar-refractivity contribution < 1.29 is 5.11 Å². The van der Waals surface area contributed by atoms with E-state index in [1.165, 1.54) is 5.56 Å². The SMILES string of the molecule is O[C@H]1c2ccccc2C[C@@H]1Br. The Labute approximate surface area is 74.2 Å². The van der Waals surface area contributed by atoms with E-state index in [-0.39, 0.29) is 10.9 Å². The summed E-state index contributed by atoms with van der Waals surface area (Å²) >= 11 is 3.43. The highest BCUT2D eigenvalue weighted by atomic mass is 79.9. The van der Waals surface area contributed by atoms with Crippen LogP contribution in [-0.2, 0) is 6.42 Å². The summed E-state index contributed by atoms with van der Waals surface area (Å²) in [6, 6.07) is 8.03. The zero-order valence-electron chi connectivity index (χ0n) is 6.00. The molecule has 1 aromatic rings. The summed E-state index contributed by atoms with van der Waals surface area (Å²) < 4.78 is 0. The van der Waals surface area contributed by atoms with Gasteiger partial charge in [0.25, 0.3) is 0 Å². The van der Waals surface area contributed by atoms with Crippen molar-refractivity contribution in [2.45, 2.75) is 17.4 Å². The number of benzene rings is 1. The van der Waals surface area contributed by atoms with Crippen LogP contribution in [0.1, 0.15) is 17.2 Å². The van der Waals surface area contributed by atoms with E-state index in [2.05, 4.69) is 22.0 Å². The van der Waals surface area contributed by atoms with Crippen molar-refractivity contribution in [2.75, 3.05) is 0 Å². The molecular weight excluding hydrogens is 204 g/mol. The summed E-state index contributed by atoms with van der Waals surface area (Å²) in [5.74, 6) is 0. The van der Waals surface area contributed by atoms with Gasteiger partial charge >= 0.3 is 0 Å². The molecule has 11 heavy (non-hydrogen) atoms. The first kappa shape index (κ1) is 7.32. The number of hydrogen-bond donors (Lipinski definition) is 1. The standard InChI is InChI=1S/C9H9BrO/c10-8-5-6-3-1-2-4-7(6)9(8)11/h1-4,8-9,11H,5H2/t8-,9-/m0/s1. The van der Waals surface area contributed by atoms with Crippen LogP contribution in [0.25, 0.3) is 0 Å². The topological polar surface area (TPSA) is 20.2 Å². The number of rotatable bonds is 0. The van der Waals surface area contributed by atoms with Gasteiger partial charge in [-0.25, -0.2) is 0 Å². The second-order valence-electron chi connectivity index (χ2n) is 2.86. The van der Waals surface area contributed by atoms with Crippen molar-refractivity contribution in [1.29, 1.82) is 0 Å². The van der Waals surface area contributed by atoms with E-state index in [9.17, 15) is 5.11 Å². The average molecular weight is 213 g/mol. The monoisotopic (exact) mass is 212 g/mol. The lowest BCUT2D eigenvalue weighted by Gasteiger charge is -2.05. The molecule has 0 aliphatic heterocycles. The molecule has 58 valence electrons. The van der Waals surface area contributed by atoms with E-state index in [4.69, 9.17) is 0 Å². The van der Waals surface area contributed by atoms with Crippen molar-refractivity contribution in [2.24, 2.45) is 0 Å². The zero-order valence-corrected chi connectivity index (χ0v) is 7.58. The molecule has 2 heteroatoms. The molecule has 0 saturated heterocycles. The maximum absolute atomic E-state index is 9.60. The van der Waals surface area contributed by atoms with Gasteiger partial charge in [0, 0.05) is 4.83 Å². The molecule has 1 nitrogen and oxygen atoms in total. The van der Waals surface area contributed by atoms with E-state index < -0.39 is 0 Å². The summed E-state index contributed by atoms with van der Waals surface area (Å²) in [4.78, 5) is 0.208. The van der Waals surface area contributed by atoms with Crippen LogP contribution in [0.2, 0.25) is 0 Å². The molecule has 0 spiro atoms. The van der Waals surface area contributed by atoms with Crippen LogP contribution in [0.15, 0.2) is 24.3 Å². The maximum Gasteiger partial charge on any atom is 0.0920 e. The van der Waals surface area contributed by atoms with E-state index in [0.717, 1.165) is 12.0 Å². The van der Waals surface area contributed by atoms with Crippen molar-refractivity contribution in [1.82, 2.24) is 0 Å². The fourth-order valence-corrected chi connectivity index (χ4v) is 2.16. The summed E-state index contributed by atoms with van der Waals surface area (Å²) in [6.45, 7) is 0. The maximum atomic E-state index is 9.60. The van der Waals surface area contributed by atoms with Gasteiger partial charge in [-0.15, -0.1) is 0 Å². The van der Waals surface area contributed by atoms with Crippen LogP contribution in [-0.4, -0.2) is 9.93 Å². The van der Waals surface area contributed by atoms with Gasteiger partial charge in [-0.2, -0.15) is 0 Å². The molecule has 0 unspecified atom stereocenters. The number of fused-ring (bicyclic) bond motifs is 1. The van der Waals surface area contributed by atoms with Crippen molar-refractivity contribution >= 4 is 15.9 Å². The smallest absolute Gasteiger partial charge is 0.0920 e. The first-order chi connectivity index (χ1) is 5.29. The third-order valence-corrected chi connectivity index (χ3v) is 2.96. The van der Waals surface area contributed by atoms with Crippen molar-refractivity contribution in [3.8, 4) is 0 Å². The number of alkyl halides is 1. The first-order valence-corrected chi connectivity index (χ1v) is 4.60. The summed E-state index contributed by atoms with van der Waals surface area (Å²) in [7, 11) is 0. The number of halogens is 1. The van der Waals surface area contributed by atoms with Crippen LogP contribution < -0.4 is 0 Å². The highest BCUT2D eigenvalue weighted by Gasteiger charge is 2.27. The molecule has 2 atom stereocenters. The molecule has 2 rings (SSSR count). The lowest BCUT2D eigenvalue weighted by molar-refractivity contribution is 0.187. The summed E-state index contributed by atoms with van der Waals surface area (Å²) in [5, 5.41) is 9.60. The van der Waals surface area contributed by atoms with Gasteiger partial charge in [0.05, 0.1) is 6.10 Å². The molecular formula is C9H9BrO. The number of aliphatic hydroxyl groups is 1. The molecule has 1 aliphatic rings. The fraction of sp³-hybridized carbons (Fsp3) is 0.333. The Hall–Kier alpha value is -0.340. The zero-order chi connectivity index (χ0) is 7.84. The van der Waals surface area contributed by atoms with Gasteiger partial charge in [-0.3, -0.25) is 0 Å². The van der Waals surface area contributed by atoms with Crippen LogP contribution in [0.5, 0.6) is 0 Å². The highest BCUT2D eigenvalue weighted by molar-refractivity contribution is 9.09. The van der Waals surface area contributed by atoms with Crippen molar-refractivity contribution in [3.05, 3.63) is 35.4 Å². The third kappa shape index (κ3) is 1.10. The first-order valence-electron chi connectivity index (χ1n) is 3.69. The second-order valence-corrected chi connectivity index (χ2v) is 4.04. The molecule has 0 amide bonds. The Morgan fingerprint density at radius 2 is 2.09 bits per heavy atom. The number of aliphatic hydroxyl groups excluding tert-OH is 1. The van der Waals surface area contributed by atoms with Crippen molar-refractivity contribution in [3.63, 3.8) is 0 Å². The van der Waals surface area contributed by atoms with Gasteiger partial charge in [-0.1, -0.05) is 40.2 Å². The molecule has 0 saturated carbocycles. The molecule has 0 heterocycles. The molecule has 0 aromatic heterocycles. The number of hydrogen-bond acceptors (Lipinski definition) is 1. The quantitative estimate of drug-likeness (QED) is 0.654. The molecule has 0 fully saturated rings. The van der Waals surface area contributed by atoms with Crippen LogP contribution in [0.3, 0.4) is 0 Å². The van der Waals surface area contributed by atoms with E-state index in [1.807, 2.05) is 18.2 Å². The van der Waals surface area contributed by atoms with Gasteiger partial charge in [0.15, 0.2) is 0 Å². The minimum atomic E-state index is -0.314. The largest absolute Gasteiger partial charge is 0.387 e. The van der Waals surface area contributed by atoms with Gasteiger partial charge < -0.3 is 5.11 Å². The van der Waals surface area contributed by atoms with Gasteiger partial charge in [-0.05, 0) is 17.5 Å². The Balaban J connectivity index is 2.47. The Kier molecular flexibility index (Phi) is 1.74. The average Bonchev–Trinajstić information content (AvgIpc) is 2.30. The lowest BCUT2D eigenvalue weighted by Crippen LogP contribution is -2.03. The lowest BCUT2D eigenvalue weighted by atomic mass is 10.1. The Morgan fingerprint density at radius 3 is 2.82 bits per heavy atom. The molecule has 1 N–H and O–H groups in total. The van der Waals surface area contributed by atoms with Gasteiger partial charge in [0.1, 0.15) is 0 Å². The third-order valence-electron chi connectivity index (χ3n) is 2.13. The predicted octanol–water partition coefficient (Wildman–Crippen LogP) is 2.04. The van der Waals surface area contributed by atoms with Gasteiger partial charge in [0.2, 0.25) is 0 Å². The Bertz CT molecular complexity index is 272. The molecule has 1 aliphatic carbocycles. The summed E-state index contributed by atoms with van der Waals surface area (Å²) in [5.41, 5.74) is 2.34. The van der Waals surface area contributed by atoms with E-state index in [0.29, 0.717) is 0 Å².